The molecule has 0 fully saturated rings. The molecule has 0 radical (unpaired) electrons. The van der Waals surface area contributed by atoms with E-state index in [1.807, 2.05) is 0 Å². The van der Waals surface area contributed by atoms with Crippen LogP contribution in [0.1, 0.15) is 21.5 Å². The van der Waals surface area contributed by atoms with Gasteiger partial charge in [-0.3, -0.25) is 4.79 Å². The Labute approximate surface area is 126 Å². The van der Waals surface area contributed by atoms with Gasteiger partial charge in [-0.05, 0) is 24.3 Å². The number of amides is 1. The third kappa shape index (κ3) is 4.06. The van der Waals surface area contributed by atoms with Crippen molar-refractivity contribution in [3.63, 3.8) is 0 Å². The number of hydrogen-bond acceptors (Lipinski definition) is 5. The largest absolute Gasteiger partial charge is 0.493 e. The van der Waals surface area contributed by atoms with Crippen LogP contribution in [0.3, 0.4) is 0 Å². The molecule has 110 valence electrons. The summed E-state index contributed by atoms with van der Waals surface area (Å²) in [6.45, 7) is 1.85. The van der Waals surface area contributed by atoms with Gasteiger partial charge in [0, 0.05) is 11.8 Å². The zero-order chi connectivity index (χ0) is 15.2. The maximum Gasteiger partial charge on any atom is 0.353 e. The van der Waals surface area contributed by atoms with E-state index in [9.17, 15) is 9.59 Å². The molecule has 0 aliphatic heterocycles. The molecule has 2 aromatic rings. The number of carbonyl (C=O) groups is 2. The summed E-state index contributed by atoms with van der Waals surface area (Å²) in [7, 11) is 1.52. The molecule has 6 heteroatoms. The predicted octanol–water partition coefficient (Wildman–Crippen LogP) is 2.61. The maximum atomic E-state index is 12.1. The number of para-hydroxylation sites is 2. The fraction of sp³-hybridized carbons (Fsp3) is 0.200. The van der Waals surface area contributed by atoms with E-state index >= 15 is 0 Å². The topological polar surface area (TPSA) is 64.6 Å². The van der Waals surface area contributed by atoms with Crippen molar-refractivity contribution in [1.82, 2.24) is 5.32 Å². The van der Waals surface area contributed by atoms with Gasteiger partial charge in [0.2, 0.25) is 5.91 Å². The van der Waals surface area contributed by atoms with Crippen LogP contribution in [0.5, 0.6) is 11.5 Å². The third-order valence-electron chi connectivity index (χ3n) is 2.65. The smallest absolute Gasteiger partial charge is 0.353 e. The minimum Gasteiger partial charge on any atom is -0.493 e. The molecule has 1 N–H and O–H groups in total. The van der Waals surface area contributed by atoms with Gasteiger partial charge in [0.25, 0.3) is 0 Å². The third-order valence-corrected chi connectivity index (χ3v) is 3.71. The lowest BCUT2D eigenvalue weighted by Crippen LogP contribution is -2.18. The minimum atomic E-state index is -0.446. The molecule has 1 aromatic carbocycles. The van der Waals surface area contributed by atoms with Gasteiger partial charge >= 0.3 is 5.97 Å². The molecule has 0 aliphatic carbocycles. The highest BCUT2D eigenvalue weighted by atomic mass is 32.1. The number of benzene rings is 1. The van der Waals surface area contributed by atoms with Gasteiger partial charge < -0.3 is 14.8 Å². The first-order valence-corrected chi connectivity index (χ1v) is 7.10. The van der Waals surface area contributed by atoms with Gasteiger partial charge in [0.05, 0.1) is 13.7 Å². The summed E-state index contributed by atoms with van der Waals surface area (Å²) < 4.78 is 10.5. The second-order valence-electron chi connectivity index (χ2n) is 4.22. The van der Waals surface area contributed by atoms with Gasteiger partial charge in [0.1, 0.15) is 4.88 Å². The molecule has 1 amide bonds. The maximum absolute atomic E-state index is 12.1. The molecule has 1 aromatic heterocycles. The first-order chi connectivity index (χ1) is 10.1. The number of esters is 1. The molecule has 0 saturated carbocycles. The van der Waals surface area contributed by atoms with Gasteiger partial charge in [-0.15, -0.1) is 11.3 Å². The first kappa shape index (κ1) is 15.1. The summed E-state index contributed by atoms with van der Waals surface area (Å²) >= 11 is 1.29. The van der Waals surface area contributed by atoms with Crippen LogP contribution in [0, 0.1) is 0 Å². The van der Waals surface area contributed by atoms with Crippen LogP contribution in [0.2, 0.25) is 0 Å². The average Bonchev–Trinajstić information content (AvgIpc) is 2.94. The molecule has 0 spiro atoms. The molecule has 0 aliphatic rings. The highest BCUT2D eigenvalue weighted by Gasteiger charge is 2.14. The number of nitrogens with one attached hydrogen (secondary N) is 1. The summed E-state index contributed by atoms with van der Waals surface area (Å²) in [5.74, 6) is 0.322. The summed E-state index contributed by atoms with van der Waals surface area (Å²) in [6, 6.07) is 10.4. The van der Waals surface area contributed by atoms with Gasteiger partial charge in [-0.1, -0.05) is 12.1 Å². The van der Waals surface area contributed by atoms with E-state index < -0.39 is 5.97 Å². The molecule has 1 heterocycles. The molecule has 0 saturated heterocycles. The van der Waals surface area contributed by atoms with Crippen molar-refractivity contribution >= 4 is 23.2 Å². The zero-order valence-electron chi connectivity index (χ0n) is 11.7. The van der Waals surface area contributed by atoms with Crippen molar-refractivity contribution in [2.24, 2.45) is 0 Å². The molecular formula is C15H15NO4S. The Morgan fingerprint density at radius 1 is 1.14 bits per heavy atom. The van der Waals surface area contributed by atoms with E-state index in [0.29, 0.717) is 22.9 Å². The van der Waals surface area contributed by atoms with E-state index in [2.05, 4.69) is 5.32 Å². The van der Waals surface area contributed by atoms with Crippen molar-refractivity contribution < 1.29 is 19.1 Å². The Hall–Kier alpha value is -2.34. The lowest BCUT2D eigenvalue weighted by atomic mass is 10.3. The standard InChI is InChI=1S/C15H15NO4S/c1-10(17)16-9-11-7-8-14(21-11)15(18)20-13-6-4-3-5-12(13)19-2/h3-8H,9H2,1-2H3,(H,16,17). The highest BCUT2D eigenvalue weighted by Crippen LogP contribution is 2.27. The second kappa shape index (κ2) is 6.90. The normalized spacial score (nSPS) is 10.0. The Balaban J connectivity index is 2.05. The van der Waals surface area contributed by atoms with E-state index in [-0.39, 0.29) is 5.91 Å². The minimum absolute atomic E-state index is 0.110. The van der Waals surface area contributed by atoms with Crippen LogP contribution in [-0.2, 0) is 11.3 Å². The molecule has 2 rings (SSSR count). The van der Waals surface area contributed by atoms with Gasteiger partial charge in [-0.25, -0.2) is 4.79 Å². The van der Waals surface area contributed by atoms with Crippen LogP contribution >= 0.6 is 11.3 Å². The SMILES string of the molecule is COc1ccccc1OC(=O)c1ccc(CNC(C)=O)s1. The highest BCUT2D eigenvalue weighted by molar-refractivity contribution is 7.13. The van der Waals surface area contributed by atoms with Crippen molar-refractivity contribution in [3.8, 4) is 11.5 Å². The van der Waals surface area contributed by atoms with Crippen molar-refractivity contribution in [2.45, 2.75) is 13.5 Å². The first-order valence-electron chi connectivity index (χ1n) is 6.28. The van der Waals surface area contributed by atoms with E-state index in [4.69, 9.17) is 9.47 Å². The Morgan fingerprint density at radius 3 is 2.52 bits per heavy atom. The quantitative estimate of drug-likeness (QED) is 0.681. The molecule has 21 heavy (non-hydrogen) atoms. The number of hydrogen-bond donors (Lipinski definition) is 1. The van der Waals surface area contributed by atoms with Crippen LogP contribution in [0.15, 0.2) is 36.4 Å². The van der Waals surface area contributed by atoms with E-state index in [0.717, 1.165) is 4.88 Å². The molecule has 0 atom stereocenters. The number of carbonyl (C=O) groups excluding carboxylic acids is 2. The van der Waals surface area contributed by atoms with Crippen LogP contribution in [0.4, 0.5) is 0 Å². The lowest BCUT2D eigenvalue weighted by molar-refractivity contribution is -0.119. The van der Waals surface area contributed by atoms with Gasteiger partial charge in [0.15, 0.2) is 11.5 Å². The fourth-order valence-corrected chi connectivity index (χ4v) is 2.47. The number of methoxy groups -OCH3 is 1. The number of rotatable bonds is 5. The van der Waals surface area contributed by atoms with Crippen molar-refractivity contribution in [3.05, 3.63) is 46.2 Å². The van der Waals surface area contributed by atoms with Crippen LogP contribution < -0.4 is 14.8 Å². The number of ether oxygens (including phenoxy) is 2. The fourth-order valence-electron chi connectivity index (χ4n) is 1.65. The summed E-state index contributed by atoms with van der Waals surface area (Å²) in [6.07, 6.45) is 0. The van der Waals surface area contributed by atoms with Gasteiger partial charge in [-0.2, -0.15) is 0 Å². The number of thiophene rings is 1. The summed E-state index contributed by atoms with van der Waals surface area (Å²) in [4.78, 5) is 24.3. The summed E-state index contributed by atoms with van der Waals surface area (Å²) in [5.41, 5.74) is 0. The van der Waals surface area contributed by atoms with E-state index in [1.54, 1.807) is 36.4 Å². The Morgan fingerprint density at radius 2 is 1.86 bits per heavy atom. The summed E-state index contributed by atoms with van der Waals surface area (Å²) in [5, 5.41) is 2.68. The molecule has 5 nitrogen and oxygen atoms in total. The predicted molar refractivity (Wildman–Crippen MR) is 79.8 cm³/mol. The Kier molecular flexibility index (Phi) is 4.94. The van der Waals surface area contributed by atoms with Crippen molar-refractivity contribution in [2.75, 3.05) is 7.11 Å². The average molecular weight is 305 g/mol. The van der Waals surface area contributed by atoms with Crippen LogP contribution in [0.25, 0.3) is 0 Å². The second-order valence-corrected chi connectivity index (χ2v) is 5.38. The van der Waals surface area contributed by atoms with E-state index in [1.165, 1.54) is 25.4 Å². The molecule has 0 unspecified atom stereocenters. The monoisotopic (exact) mass is 305 g/mol. The van der Waals surface area contributed by atoms with Crippen LogP contribution in [-0.4, -0.2) is 19.0 Å². The zero-order valence-corrected chi connectivity index (χ0v) is 12.5. The molecular weight excluding hydrogens is 290 g/mol. The lowest BCUT2D eigenvalue weighted by Gasteiger charge is -2.07. The Bertz CT molecular complexity index is 651. The molecule has 0 bridgehead atoms. The van der Waals surface area contributed by atoms with Crippen molar-refractivity contribution in [1.29, 1.82) is 0 Å².